The van der Waals surface area contributed by atoms with Gasteiger partial charge in [-0.1, -0.05) is 41.1 Å². The molecule has 66 valence electrons. The van der Waals surface area contributed by atoms with Crippen LogP contribution in [0.4, 0.5) is 0 Å². The first-order valence-corrected chi connectivity index (χ1v) is 4.94. The average molecular weight is 229 g/mol. The molecule has 0 bridgehead atoms. The van der Waals surface area contributed by atoms with Gasteiger partial charge in [0.05, 0.1) is 6.10 Å². The van der Waals surface area contributed by atoms with E-state index in [1.807, 2.05) is 31.2 Å². The summed E-state index contributed by atoms with van der Waals surface area (Å²) in [6, 6.07) is 8.00. The van der Waals surface area contributed by atoms with Gasteiger partial charge in [0.25, 0.3) is 0 Å². The fraction of sp³-hybridized carbons (Fsp3) is 0.400. The van der Waals surface area contributed by atoms with E-state index in [0.717, 1.165) is 17.3 Å². The van der Waals surface area contributed by atoms with Crippen LogP contribution >= 0.6 is 15.9 Å². The van der Waals surface area contributed by atoms with Crippen molar-refractivity contribution in [2.45, 2.75) is 25.9 Å². The summed E-state index contributed by atoms with van der Waals surface area (Å²) in [7, 11) is 0. The molecule has 0 radical (unpaired) electrons. The van der Waals surface area contributed by atoms with Crippen LogP contribution in [0.5, 0.6) is 0 Å². The molecule has 1 aromatic carbocycles. The molecule has 1 N–H and O–H groups in total. The number of halogens is 1. The zero-order valence-corrected chi connectivity index (χ0v) is 8.71. The molecule has 0 heterocycles. The first-order chi connectivity index (χ1) is 5.74. The van der Waals surface area contributed by atoms with E-state index in [1.54, 1.807) is 0 Å². The van der Waals surface area contributed by atoms with Gasteiger partial charge in [-0.3, -0.25) is 0 Å². The normalized spacial score (nSPS) is 12.9. The maximum atomic E-state index is 9.41. The third-order valence-corrected chi connectivity index (χ3v) is 2.66. The molecule has 0 aliphatic rings. The van der Waals surface area contributed by atoms with E-state index in [4.69, 9.17) is 0 Å². The molecule has 0 unspecified atom stereocenters. The predicted octanol–water partition coefficient (Wildman–Crippen LogP) is 2.76. The predicted molar refractivity (Wildman–Crippen MR) is 54.1 cm³/mol. The molecule has 0 saturated carbocycles. The Balaban J connectivity index is 2.69. The molecule has 0 aromatic heterocycles. The molecule has 0 amide bonds. The van der Waals surface area contributed by atoms with Crippen molar-refractivity contribution in [3.63, 3.8) is 0 Å². The average Bonchev–Trinajstić information content (AvgIpc) is 2.09. The minimum absolute atomic E-state index is 0.219. The SMILES string of the molecule is CC[C@@H](O)Cc1ccccc1Br. The van der Waals surface area contributed by atoms with Crippen LogP contribution in [-0.2, 0) is 6.42 Å². The van der Waals surface area contributed by atoms with Gasteiger partial charge in [0.15, 0.2) is 0 Å². The summed E-state index contributed by atoms with van der Waals surface area (Å²) in [5.74, 6) is 0. The molecule has 1 aromatic rings. The molecule has 1 rings (SSSR count). The quantitative estimate of drug-likeness (QED) is 0.844. The van der Waals surface area contributed by atoms with Gasteiger partial charge in [-0.25, -0.2) is 0 Å². The van der Waals surface area contributed by atoms with Crippen LogP contribution in [0.25, 0.3) is 0 Å². The highest BCUT2D eigenvalue weighted by Gasteiger charge is 2.04. The van der Waals surface area contributed by atoms with Crippen LogP contribution in [0.2, 0.25) is 0 Å². The Morgan fingerprint density at radius 2 is 2.08 bits per heavy atom. The van der Waals surface area contributed by atoms with Gasteiger partial charge in [0, 0.05) is 4.47 Å². The van der Waals surface area contributed by atoms with Gasteiger partial charge < -0.3 is 5.11 Å². The van der Waals surface area contributed by atoms with Gasteiger partial charge in [-0.15, -0.1) is 0 Å². The smallest absolute Gasteiger partial charge is 0.0578 e. The lowest BCUT2D eigenvalue weighted by Gasteiger charge is -2.08. The van der Waals surface area contributed by atoms with Crippen LogP contribution in [0, 0.1) is 0 Å². The topological polar surface area (TPSA) is 20.2 Å². The summed E-state index contributed by atoms with van der Waals surface area (Å²) >= 11 is 3.44. The molecule has 0 spiro atoms. The van der Waals surface area contributed by atoms with E-state index in [2.05, 4.69) is 15.9 Å². The van der Waals surface area contributed by atoms with Crippen molar-refractivity contribution in [3.05, 3.63) is 34.3 Å². The molecule has 0 aliphatic heterocycles. The third-order valence-electron chi connectivity index (χ3n) is 1.88. The second-order valence-corrected chi connectivity index (χ2v) is 3.71. The molecule has 1 nitrogen and oxygen atoms in total. The van der Waals surface area contributed by atoms with Gasteiger partial charge in [0.2, 0.25) is 0 Å². The molecule has 0 saturated heterocycles. The highest BCUT2D eigenvalue weighted by molar-refractivity contribution is 9.10. The molecular formula is C10H13BrO. The second-order valence-electron chi connectivity index (χ2n) is 2.86. The standard InChI is InChI=1S/C10H13BrO/c1-2-9(12)7-8-5-3-4-6-10(8)11/h3-6,9,12H,2,7H2,1H3/t9-/m1/s1. The number of aliphatic hydroxyl groups is 1. The number of hydrogen-bond donors (Lipinski definition) is 1. The molecule has 0 fully saturated rings. The van der Waals surface area contributed by atoms with Crippen LogP contribution in [-0.4, -0.2) is 11.2 Å². The summed E-state index contributed by atoms with van der Waals surface area (Å²) in [6.07, 6.45) is 1.32. The lowest BCUT2D eigenvalue weighted by Crippen LogP contribution is -2.08. The molecule has 1 atom stereocenters. The summed E-state index contributed by atoms with van der Waals surface area (Å²) in [5, 5.41) is 9.41. The van der Waals surface area contributed by atoms with E-state index >= 15 is 0 Å². The minimum Gasteiger partial charge on any atom is -0.393 e. The van der Waals surface area contributed by atoms with Crippen molar-refractivity contribution in [1.29, 1.82) is 0 Å². The van der Waals surface area contributed by atoms with Crippen molar-refractivity contribution >= 4 is 15.9 Å². The molecule has 12 heavy (non-hydrogen) atoms. The monoisotopic (exact) mass is 228 g/mol. The second kappa shape index (κ2) is 4.63. The first kappa shape index (κ1) is 9.75. The minimum atomic E-state index is -0.219. The number of benzene rings is 1. The van der Waals surface area contributed by atoms with Crippen molar-refractivity contribution < 1.29 is 5.11 Å². The van der Waals surface area contributed by atoms with Crippen LogP contribution in [0.15, 0.2) is 28.7 Å². The van der Waals surface area contributed by atoms with Gasteiger partial charge in [-0.2, -0.15) is 0 Å². The lowest BCUT2D eigenvalue weighted by molar-refractivity contribution is 0.170. The molecule has 0 aliphatic carbocycles. The van der Waals surface area contributed by atoms with E-state index in [0.29, 0.717) is 0 Å². The van der Waals surface area contributed by atoms with Crippen LogP contribution in [0.3, 0.4) is 0 Å². The third kappa shape index (κ3) is 2.61. The Hall–Kier alpha value is -0.340. The number of hydrogen-bond acceptors (Lipinski definition) is 1. The van der Waals surface area contributed by atoms with Crippen molar-refractivity contribution in [1.82, 2.24) is 0 Å². The Morgan fingerprint density at radius 1 is 1.42 bits per heavy atom. The summed E-state index contributed by atoms with van der Waals surface area (Å²) in [4.78, 5) is 0. The van der Waals surface area contributed by atoms with Crippen molar-refractivity contribution in [2.24, 2.45) is 0 Å². The van der Waals surface area contributed by atoms with Gasteiger partial charge in [-0.05, 0) is 24.5 Å². The first-order valence-electron chi connectivity index (χ1n) is 4.15. The summed E-state index contributed by atoms with van der Waals surface area (Å²) in [6.45, 7) is 1.99. The van der Waals surface area contributed by atoms with Gasteiger partial charge >= 0.3 is 0 Å². The fourth-order valence-corrected chi connectivity index (χ4v) is 1.51. The summed E-state index contributed by atoms with van der Waals surface area (Å²) in [5.41, 5.74) is 1.17. The van der Waals surface area contributed by atoms with E-state index in [1.165, 1.54) is 5.56 Å². The molecule has 2 heteroatoms. The van der Waals surface area contributed by atoms with Crippen molar-refractivity contribution in [3.8, 4) is 0 Å². The largest absolute Gasteiger partial charge is 0.393 e. The van der Waals surface area contributed by atoms with E-state index in [-0.39, 0.29) is 6.10 Å². The van der Waals surface area contributed by atoms with E-state index in [9.17, 15) is 5.11 Å². The fourth-order valence-electron chi connectivity index (χ4n) is 1.06. The zero-order valence-electron chi connectivity index (χ0n) is 7.13. The maximum Gasteiger partial charge on any atom is 0.0578 e. The Bertz CT molecular complexity index is 247. The maximum absolute atomic E-state index is 9.41. The molecular weight excluding hydrogens is 216 g/mol. The Morgan fingerprint density at radius 3 is 2.67 bits per heavy atom. The highest BCUT2D eigenvalue weighted by atomic mass is 79.9. The van der Waals surface area contributed by atoms with Crippen LogP contribution in [0.1, 0.15) is 18.9 Å². The Kier molecular flexibility index (Phi) is 3.76. The number of rotatable bonds is 3. The lowest BCUT2D eigenvalue weighted by atomic mass is 10.1. The zero-order chi connectivity index (χ0) is 8.97. The van der Waals surface area contributed by atoms with Crippen molar-refractivity contribution in [2.75, 3.05) is 0 Å². The highest BCUT2D eigenvalue weighted by Crippen LogP contribution is 2.17. The Labute approximate surface area is 81.6 Å². The number of aliphatic hydroxyl groups excluding tert-OH is 1. The van der Waals surface area contributed by atoms with Crippen LogP contribution < -0.4 is 0 Å². The van der Waals surface area contributed by atoms with Gasteiger partial charge in [0.1, 0.15) is 0 Å². The van der Waals surface area contributed by atoms with E-state index < -0.39 is 0 Å². The summed E-state index contributed by atoms with van der Waals surface area (Å²) < 4.78 is 1.08.